The molecule has 0 amide bonds. The molecule has 1 aliphatic heterocycles. The van der Waals surface area contributed by atoms with Crippen molar-refractivity contribution in [3.8, 4) is 0 Å². The van der Waals surface area contributed by atoms with Gasteiger partial charge in [0, 0.05) is 18.7 Å². The van der Waals surface area contributed by atoms with Crippen molar-refractivity contribution < 1.29 is 9.84 Å². The lowest BCUT2D eigenvalue weighted by Crippen LogP contribution is -2.52. The van der Waals surface area contributed by atoms with Gasteiger partial charge in [-0.25, -0.2) is 4.68 Å². The van der Waals surface area contributed by atoms with E-state index in [9.17, 15) is 5.11 Å². The van der Waals surface area contributed by atoms with Gasteiger partial charge in [-0.2, -0.15) is 5.10 Å². The number of hydrogen-bond acceptors (Lipinski definition) is 4. The standard InChI is InChI=1S/C17H22ClN3O2/c1-13-15(7-19-9-17(10-22)11-23-12-17)16(18)21(20-13)8-14-5-3-2-4-6-14/h2-6,19,22H,7-12H2,1H3. The van der Waals surface area contributed by atoms with Crippen LogP contribution in [-0.4, -0.2) is 41.3 Å². The monoisotopic (exact) mass is 335 g/mol. The molecule has 0 bridgehead atoms. The summed E-state index contributed by atoms with van der Waals surface area (Å²) in [6, 6.07) is 10.1. The number of aliphatic hydroxyl groups excluding tert-OH is 1. The highest BCUT2D eigenvalue weighted by Crippen LogP contribution is 2.26. The molecule has 23 heavy (non-hydrogen) atoms. The number of nitrogens with one attached hydrogen (secondary N) is 1. The summed E-state index contributed by atoms with van der Waals surface area (Å²) in [5.74, 6) is 0. The number of aliphatic hydroxyl groups is 1. The molecule has 0 atom stereocenters. The second kappa shape index (κ2) is 7.01. The van der Waals surface area contributed by atoms with Gasteiger partial charge in [0.2, 0.25) is 0 Å². The van der Waals surface area contributed by atoms with Crippen LogP contribution in [-0.2, 0) is 17.8 Å². The average Bonchev–Trinajstić information content (AvgIpc) is 2.78. The van der Waals surface area contributed by atoms with Crippen LogP contribution < -0.4 is 5.32 Å². The van der Waals surface area contributed by atoms with E-state index in [1.807, 2.05) is 29.8 Å². The van der Waals surface area contributed by atoms with E-state index in [0.717, 1.165) is 11.3 Å². The summed E-state index contributed by atoms with van der Waals surface area (Å²) in [5.41, 5.74) is 2.97. The molecule has 0 spiro atoms. The van der Waals surface area contributed by atoms with E-state index in [-0.39, 0.29) is 12.0 Å². The average molecular weight is 336 g/mol. The molecule has 1 saturated heterocycles. The maximum absolute atomic E-state index is 9.45. The first-order valence-corrected chi connectivity index (χ1v) is 8.16. The van der Waals surface area contributed by atoms with Crippen LogP contribution in [0.3, 0.4) is 0 Å². The van der Waals surface area contributed by atoms with Gasteiger partial charge in [0.15, 0.2) is 0 Å². The Balaban J connectivity index is 1.64. The van der Waals surface area contributed by atoms with Gasteiger partial charge >= 0.3 is 0 Å². The van der Waals surface area contributed by atoms with Gasteiger partial charge in [0.05, 0.1) is 37.5 Å². The Bertz CT molecular complexity index is 648. The molecule has 1 aromatic heterocycles. The summed E-state index contributed by atoms with van der Waals surface area (Å²) in [5, 5.41) is 18.0. The van der Waals surface area contributed by atoms with Crippen LogP contribution in [0.15, 0.2) is 30.3 Å². The minimum absolute atomic E-state index is 0.138. The van der Waals surface area contributed by atoms with E-state index in [2.05, 4.69) is 22.5 Å². The summed E-state index contributed by atoms with van der Waals surface area (Å²) in [7, 11) is 0. The molecule has 0 unspecified atom stereocenters. The lowest BCUT2D eigenvalue weighted by Gasteiger charge is -2.40. The maximum Gasteiger partial charge on any atom is 0.132 e. The normalized spacial score (nSPS) is 16.3. The highest BCUT2D eigenvalue weighted by atomic mass is 35.5. The molecule has 1 aliphatic rings. The van der Waals surface area contributed by atoms with E-state index < -0.39 is 0 Å². The zero-order valence-electron chi connectivity index (χ0n) is 13.3. The Morgan fingerprint density at radius 1 is 1.35 bits per heavy atom. The Labute approximate surface area is 141 Å². The van der Waals surface area contributed by atoms with Gasteiger partial charge in [-0.05, 0) is 12.5 Å². The van der Waals surface area contributed by atoms with E-state index in [1.54, 1.807) is 0 Å². The highest BCUT2D eigenvalue weighted by Gasteiger charge is 2.37. The molecule has 6 heteroatoms. The molecule has 0 aliphatic carbocycles. The molecular weight excluding hydrogens is 314 g/mol. The van der Waals surface area contributed by atoms with E-state index in [4.69, 9.17) is 16.3 Å². The van der Waals surface area contributed by atoms with Crippen molar-refractivity contribution in [1.82, 2.24) is 15.1 Å². The minimum atomic E-state index is -0.138. The largest absolute Gasteiger partial charge is 0.396 e. The number of aryl methyl sites for hydroxylation is 1. The Morgan fingerprint density at radius 2 is 2.09 bits per heavy atom. The summed E-state index contributed by atoms with van der Waals surface area (Å²) >= 11 is 6.50. The van der Waals surface area contributed by atoms with Crippen molar-refractivity contribution in [2.75, 3.05) is 26.4 Å². The van der Waals surface area contributed by atoms with Crippen LogP contribution in [0.1, 0.15) is 16.8 Å². The molecule has 1 aromatic carbocycles. The molecule has 2 N–H and O–H groups in total. The topological polar surface area (TPSA) is 59.3 Å². The minimum Gasteiger partial charge on any atom is -0.396 e. The predicted molar refractivity (Wildman–Crippen MR) is 89.6 cm³/mol. The quantitative estimate of drug-likeness (QED) is 0.812. The zero-order valence-corrected chi connectivity index (χ0v) is 14.0. The highest BCUT2D eigenvalue weighted by molar-refractivity contribution is 6.30. The number of benzene rings is 1. The van der Waals surface area contributed by atoms with Crippen molar-refractivity contribution in [1.29, 1.82) is 0 Å². The number of ether oxygens (including phenoxy) is 1. The summed E-state index contributed by atoms with van der Waals surface area (Å²) in [6.07, 6.45) is 0. The molecule has 2 heterocycles. The van der Waals surface area contributed by atoms with Gasteiger partial charge in [-0.15, -0.1) is 0 Å². The summed E-state index contributed by atoms with van der Waals surface area (Å²) in [4.78, 5) is 0. The third kappa shape index (κ3) is 3.58. The second-order valence-electron chi connectivity index (χ2n) is 6.25. The number of hydrogen-bond donors (Lipinski definition) is 2. The fourth-order valence-corrected chi connectivity index (χ4v) is 3.05. The zero-order chi connectivity index (χ0) is 16.3. The predicted octanol–water partition coefficient (Wildman–Crippen LogP) is 1.99. The maximum atomic E-state index is 9.45. The van der Waals surface area contributed by atoms with Crippen LogP contribution >= 0.6 is 11.6 Å². The lowest BCUT2D eigenvalue weighted by molar-refractivity contribution is -0.134. The third-order valence-electron chi connectivity index (χ3n) is 4.31. The third-order valence-corrected chi connectivity index (χ3v) is 4.74. The fraction of sp³-hybridized carbons (Fsp3) is 0.471. The summed E-state index contributed by atoms with van der Waals surface area (Å²) in [6.45, 7) is 5.34. The van der Waals surface area contributed by atoms with Crippen LogP contribution in [0.25, 0.3) is 0 Å². The molecule has 2 aromatic rings. The smallest absolute Gasteiger partial charge is 0.132 e. The number of rotatable bonds is 7. The van der Waals surface area contributed by atoms with Crippen molar-refractivity contribution in [2.45, 2.75) is 20.0 Å². The van der Waals surface area contributed by atoms with Gasteiger partial charge in [0.1, 0.15) is 5.15 Å². The molecule has 0 radical (unpaired) electrons. The van der Waals surface area contributed by atoms with Crippen LogP contribution in [0, 0.1) is 12.3 Å². The van der Waals surface area contributed by atoms with E-state index >= 15 is 0 Å². The van der Waals surface area contributed by atoms with Crippen LogP contribution in [0.5, 0.6) is 0 Å². The van der Waals surface area contributed by atoms with E-state index in [1.165, 1.54) is 5.56 Å². The number of aromatic nitrogens is 2. The van der Waals surface area contributed by atoms with Crippen molar-refractivity contribution in [3.63, 3.8) is 0 Å². The molecule has 3 rings (SSSR count). The SMILES string of the molecule is Cc1nn(Cc2ccccc2)c(Cl)c1CNCC1(CO)COC1. The van der Waals surface area contributed by atoms with Crippen molar-refractivity contribution >= 4 is 11.6 Å². The summed E-state index contributed by atoms with van der Waals surface area (Å²) < 4.78 is 7.04. The first-order chi connectivity index (χ1) is 11.1. The van der Waals surface area contributed by atoms with Crippen LogP contribution in [0.2, 0.25) is 5.15 Å². The first kappa shape index (κ1) is 16.5. The Hall–Kier alpha value is -1.40. The first-order valence-electron chi connectivity index (χ1n) is 7.79. The Morgan fingerprint density at radius 3 is 2.70 bits per heavy atom. The molecule has 5 nitrogen and oxygen atoms in total. The van der Waals surface area contributed by atoms with E-state index in [0.29, 0.717) is 38.0 Å². The van der Waals surface area contributed by atoms with Crippen molar-refractivity contribution in [2.24, 2.45) is 5.41 Å². The molecular formula is C17H22ClN3O2. The van der Waals surface area contributed by atoms with Gasteiger partial charge < -0.3 is 15.2 Å². The Kier molecular flexibility index (Phi) is 5.02. The van der Waals surface area contributed by atoms with Gasteiger partial charge in [-0.1, -0.05) is 41.9 Å². The van der Waals surface area contributed by atoms with Gasteiger partial charge in [0.25, 0.3) is 0 Å². The lowest BCUT2D eigenvalue weighted by atomic mass is 9.87. The second-order valence-corrected chi connectivity index (χ2v) is 6.61. The number of nitrogens with zero attached hydrogens (tertiary/aromatic N) is 2. The van der Waals surface area contributed by atoms with Crippen molar-refractivity contribution in [3.05, 3.63) is 52.3 Å². The number of halogens is 1. The van der Waals surface area contributed by atoms with Crippen LogP contribution in [0.4, 0.5) is 0 Å². The fourth-order valence-electron chi connectivity index (χ4n) is 2.75. The molecule has 0 saturated carbocycles. The molecule has 124 valence electrons. The molecule has 1 fully saturated rings. The van der Waals surface area contributed by atoms with Gasteiger partial charge in [-0.3, -0.25) is 0 Å².